The van der Waals surface area contributed by atoms with Crippen LogP contribution >= 0.6 is 11.6 Å². The van der Waals surface area contributed by atoms with Gasteiger partial charge in [0.15, 0.2) is 0 Å². The molecule has 2 aromatic heterocycles. The van der Waals surface area contributed by atoms with Crippen molar-refractivity contribution in [3.05, 3.63) is 71.4 Å². The number of rotatable bonds is 4. The van der Waals surface area contributed by atoms with Crippen LogP contribution in [-0.2, 0) is 11.3 Å². The molecule has 0 radical (unpaired) electrons. The van der Waals surface area contributed by atoms with Crippen LogP contribution in [-0.4, -0.2) is 39.6 Å². The highest BCUT2D eigenvalue weighted by Crippen LogP contribution is 2.27. The Balaban J connectivity index is 1.57. The van der Waals surface area contributed by atoms with E-state index in [4.69, 9.17) is 16.3 Å². The zero-order chi connectivity index (χ0) is 17.1. The van der Waals surface area contributed by atoms with Gasteiger partial charge in [0.25, 0.3) is 0 Å². The standard InChI is InChI=1S/C19H19ClN4O/c20-16-3-1-2-15(10-16)17-11-22-19(23-17)18-13-25-9-8-24(18)12-14-4-6-21-7-5-14/h1-7,10-11,18H,8-9,12-13H2,(H,22,23). The highest BCUT2D eigenvalue weighted by molar-refractivity contribution is 6.30. The Hall–Kier alpha value is -2.21. The molecule has 0 amide bonds. The number of H-pyrrole nitrogens is 1. The second-order valence-electron chi connectivity index (χ2n) is 6.11. The van der Waals surface area contributed by atoms with E-state index in [2.05, 4.69) is 19.9 Å². The first kappa shape index (κ1) is 16.3. The molecule has 1 saturated heterocycles. The monoisotopic (exact) mass is 354 g/mol. The maximum atomic E-state index is 6.10. The Kier molecular flexibility index (Phi) is 4.78. The van der Waals surface area contributed by atoms with E-state index in [0.717, 1.165) is 36.8 Å². The lowest BCUT2D eigenvalue weighted by Gasteiger charge is -2.34. The molecule has 128 valence electrons. The van der Waals surface area contributed by atoms with Crippen molar-refractivity contribution in [1.29, 1.82) is 0 Å². The van der Waals surface area contributed by atoms with E-state index < -0.39 is 0 Å². The predicted molar refractivity (Wildman–Crippen MR) is 97.2 cm³/mol. The highest BCUT2D eigenvalue weighted by atomic mass is 35.5. The van der Waals surface area contributed by atoms with Crippen LogP contribution in [0.4, 0.5) is 0 Å². The maximum absolute atomic E-state index is 6.10. The average Bonchev–Trinajstić information content (AvgIpc) is 3.13. The lowest BCUT2D eigenvalue weighted by atomic mass is 10.1. The Labute approximate surface area is 151 Å². The number of morpholine rings is 1. The van der Waals surface area contributed by atoms with Crippen LogP contribution in [0.3, 0.4) is 0 Å². The third-order valence-electron chi connectivity index (χ3n) is 4.42. The van der Waals surface area contributed by atoms with Crippen molar-refractivity contribution in [2.45, 2.75) is 12.6 Å². The molecule has 3 heterocycles. The first-order chi connectivity index (χ1) is 12.3. The van der Waals surface area contributed by atoms with E-state index in [1.807, 2.05) is 55.0 Å². The van der Waals surface area contributed by atoms with E-state index >= 15 is 0 Å². The predicted octanol–water partition coefficient (Wildman–Crippen LogP) is 3.70. The van der Waals surface area contributed by atoms with Crippen molar-refractivity contribution < 1.29 is 4.74 Å². The summed E-state index contributed by atoms with van der Waals surface area (Å²) in [5.41, 5.74) is 3.24. The summed E-state index contributed by atoms with van der Waals surface area (Å²) in [7, 11) is 0. The van der Waals surface area contributed by atoms with Gasteiger partial charge in [0, 0.05) is 36.1 Å². The molecular formula is C19H19ClN4O. The Morgan fingerprint density at radius 2 is 2.12 bits per heavy atom. The first-order valence-electron chi connectivity index (χ1n) is 8.31. The van der Waals surface area contributed by atoms with Crippen molar-refractivity contribution in [3.8, 4) is 11.3 Å². The summed E-state index contributed by atoms with van der Waals surface area (Å²) < 4.78 is 5.70. The fraction of sp³-hybridized carbons (Fsp3) is 0.263. The number of hydrogen-bond donors (Lipinski definition) is 1. The minimum Gasteiger partial charge on any atom is -0.378 e. The number of imidazole rings is 1. The highest BCUT2D eigenvalue weighted by Gasteiger charge is 2.27. The van der Waals surface area contributed by atoms with E-state index in [-0.39, 0.29) is 6.04 Å². The maximum Gasteiger partial charge on any atom is 0.126 e. The zero-order valence-corrected chi connectivity index (χ0v) is 14.5. The van der Waals surface area contributed by atoms with Gasteiger partial charge in [0.1, 0.15) is 5.82 Å². The van der Waals surface area contributed by atoms with Gasteiger partial charge >= 0.3 is 0 Å². The first-order valence-corrected chi connectivity index (χ1v) is 8.69. The normalized spacial score (nSPS) is 18.4. The van der Waals surface area contributed by atoms with Gasteiger partial charge in [-0.25, -0.2) is 4.98 Å². The lowest BCUT2D eigenvalue weighted by molar-refractivity contribution is -0.0156. The van der Waals surface area contributed by atoms with Gasteiger partial charge in [-0.1, -0.05) is 23.7 Å². The zero-order valence-electron chi connectivity index (χ0n) is 13.7. The van der Waals surface area contributed by atoms with Crippen LogP contribution in [0.2, 0.25) is 5.02 Å². The molecule has 3 aromatic rings. The Bertz CT molecular complexity index is 836. The molecule has 25 heavy (non-hydrogen) atoms. The quantitative estimate of drug-likeness (QED) is 0.776. The molecule has 0 bridgehead atoms. The van der Waals surface area contributed by atoms with Crippen LogP contribution in [0.5, 0.6) is 0 Å². The summed E-state index contributed by atoms with van der Waals surface area (Å²) in [4.78, 5) is 14.5. The summed E-state index contributed by atoms with van der Waals surface area (Å²) in [6.07, 6.45) is 5.52. The molecule has 1 aromatic carbocycles. The van der Waals surface area contributed by atoms with E-state index in [0.29, 0.717) is 11.6 Å². The van der Waals surface area contributed by atoms with Gasteiger partial charge in [-0.15, -0.1) is 0 Å². The van der Waals surface area contributed by atoms with E-state index in [1.165, 1.54) is 5.56 Å². The summed E-state index contributed by atoms with van der Waals surface area (Å²) >= 11 is 6.10. The van der Waals surface area contributed by atoms with Gasteiger partial charge in [0.05, 0.1) is 31.1 Å². The SMILES string of the molecule is Clc1cccc(-c2cnc(C3COCCN3Cc3ccncc3)[nH]2)c1. The van der Waals surface area contributed by atoms with E-state index in [1.54, 1.807) is 0 Å². The molecule has 1 aliphatic heterocycles. The molecule has 0 spiro atoms. The fourth-order valence-electron chi connectivity index (χ4n) is 3.11. The Morgan fingerprint density at radius 1 is 1.24 bits per heavy atom. The number of hydrogen-bond acceptors (Lipinski definition) is 4. The number of nitrogens with one attached hydrogen (secondary N) is 1. The van der Waals surface area contributed by atoms with Crippen molar-refractivity contribution in [1.82, 2.24) is 19.9 Å². The molecular weight excluding hydrogens is 336 g/mol. The van der Waals surface area contributed by atoms with Crippen LogP contribution in [0.25, 0.3) is 11.3 Å². The van der Waals surface area contributed by atoms with Gasteiger partial charge in [-0.2, -0.15) is 0 Å². The number of pyridine rings is 1. The van der Waals surface area contributed by atoms with Crippen LogP contribution in [0.15, 0.2) is 55.0 Å². The number of halogens is 1. The topological polar surface area (TPSA) is 54.0 Å². The minimum atomic E-state index is 0.106. The molecule has 1 N–H and O–H groups in total. The summed E-state index contributed by atoms with van der Waals surface area (Å²) in [6, 6.07) is 12.0. The number of ether oxygens (including phenoxy) is 1. The smallest absolute Gasteiger partial charge is 0.126 e. The van der Waals surface area contributed by atoms with Crippen LogP contribution in [0.1, 0.15) is 17.4 Å². The van der Waals surface area contributed by atoms with Crippen molar-refractivity contribution in [2.75, 3.05) is 19.8 Å². The van der Waals surface area contributed by atoms with Gasteiger partial charge in [0.2, 0.25) is 0 Å². The summed E-state index contributed by atoms with van der Waals surface area (Å²) in [6.45, 7) is 3.10. The summed E-state index contributed by atoms with van der Waals surface area (Å²) in [5.74, 6) is 0.920. The van der Waals surface area contributed by atoms with Gasteiger partial charge in [-0.3, -0.25) is 9.88 Å². The Morgan fingerprint density at radius 3 is 2.96 bits per heavy atom. The second kappa shape index (κ2) is 7.35. The third-order valence-corrected chi connectivity index (χ3v) is 4.66. The molecule has 4 rings (SSSR count). The van der Waals surface area contributed by atoms with Crippen LogP contribution < -0.4 is 0 Å². The summed E-state index contributed by atoms with van der Waals surface area (Å²) in [5, 5.41) is 0.717. The lowest BCUT2D eigenvalue weighted by Crippen LogP contribution is -2.39. The molecule has 0 aliphatic carbocycles. The van der Waals surface area contributed by atoms with Gasteiger partial charge < -0.3 is 9.72 Å². The van der Waals surface area contributed by atoms with Crippen molar-refractivity contribution in [2.24, 2.45) is 0 Å². The number of aromatic nitrogens is 3. The largest absolute Gasteiger partial charge is 0.378 e. The molecule has 1 unspecified atom stereocenters. The average molecular weight is 355 g/mol. The number of nitrogens with zero attached hydrogens (tertiary/aromatic N) is 3. The molecule has 1 fully saturated rings. The number of aromatic amines is 1. The molecule has 0 saturated carbocycles. The molecule has 1 aliphatic rings. The van der Waals surface area contributed by atoms with Crippen molar-refractivity contribution in [3.63, 3.8) is 0 Å². The molecule has 6 heteroatoms. The third kappa shape index (κ3) is 3.74. The molecule has 1 atom stereocenters. The molecule has 5 nitrogen and oxygen atoms in total. The van der Waals surface area contributed by atoms with Crippen molar-refractivity contribution >= 4 is 11.6 Å². The fourth-order valence-corrected chi connectivity index (χ4v) is 3.30. The minimum absolute atomic E-state index is 0.106. The van der Waals surface area contributed by atoms with Gasteiger partial charge in [-0.05, 0) is 29.8 Å². The van der Waals surface area contributed by atoms with E-state index in [9.17, 15) is 0 Å². The second-order valence-corrected chi connectivity index (χ2v) is 6.55. The number of benzene rings is 1. The van der Waals surface area contributed by atoms with Crippen LogP contribution in [0, 0.1) is 0 Å².